The summed E-state index contributed by atoms with van der Waals surface area (Å²) < 4.78 is 5.22. The number of aliphatic imine (C=N–C) groups is 1. The van der Waals surface area contributed by atoms with Gasteiger partial charge in [0.25, 0.3) is 0 Å². The van der Waals surface area contributed by atoms with Crippen molar-refractivity contribution >= 4 is 17.5 Å². The number of hydrogen-bond acceptors (Lipinski definition) is 5. The Kier molecular flexibility index (Phi) is 5.91. The van der Waals surface area contributed by atoms with Crippen molar-refractivity contribution in [3.63, 3.8) is 0 Å². The topological polar surface area (TPSA) is 79.0 Å². The quantitative estimate of drug-likeness (QED) is 0.629. The predicted octanol–water partition coefficient (Wildman–Crippen LogP) is 1.77. The first-order valence-corrected chi connectivity index (χ1v) is 8.74. The zero-order valence-corrected chi connectivity index (χ0v) is 15.4. The van der Waals surface area contributed by atoms with Gasteiger partial charge in [-0.05, 0) is 25.2 Å². The summed E-state index contributed by atoms with van der Waals surface area (Å²) in [6, 6.07) is 11.6. The summed E-state index contributed by atoms with van der Waals surface area (Å²) >= 11 is 0. The van der Waals surface area contributed by atoms with E-state index in [0.29, 0.717) is 12.5 Å². The maximum Gasteiger partial charge on any atom is 0.193 e. The van der Waals surface area contributed by atoms with E-state index < -0.39 is 0 Å². The molecular weight excluding hydrogens is 328 g/mol. The molecule has 7 heteroatoms. The van der Waals surface area contributed by atoms with E-state index in [4.69, 9.17) is 10.5 Å². The number of piperazine rings is 1. The van der Waals surface area contributed by atoms with Crippen molar-refractivity contribution in [3.8, 4) is 5.75 Å². The Hall–Kier alpha value is -2.80. The highest BCUT2D eigenvalue weighted by atomic mass is 16.5. The van der Waals surface area contributed by atoms with Gasteiger partial charge in [0.05, 0.1) is 13.7 Å². The van der Waals surface area contributed by atoms with E-state index in [9.17, 15) is 0 Å². The van der Waals surface area contributed by atoms with Crippen molar-refractivity contribution in [2.45, 2.75) is 6.54 Å². The number of likely N-dealkylation sites (N-methyl/N-ethyl adjacent to an activating group) is 1. The molecule has 1 fully saturated rings. The Morgan fingerprint density at radius 3 is 2.81 bits per heavy atom. The lowest BCUT2D eigenvalue weighted by Gasteiger charge is -2.34. The molecule has 0 radical (unpaired) electrons. The summed E-state index contributed by atoms with van der Waals surface area (Å²) in [4.78, 5) is 13.7. The lowest BCUT2D eigenvalue weighted by Crippen LogP contribution is -2.45. The molecule has 0 spiro atoms. The molecule has 7 nitrogen and oxygen atoms in total. The molecule has 0 saturated carbocycles. The smallest absolute Gasteiger partial charge is 0.193 e. The first-order chi connectivity index (χ1) is 12.7. The molecule has 26 heavy (non-hydrogen) atoms. The van der Waals surface area contributed by atoms with E-state index in [1.165, 1.54) is 0 Å². The molecule has 1 aromatic carbocycles. The third kappa shape index (κ3) is 4.64. The number of benzene rings is 1. The minimum absolute atomic E-state index is 0.367. The fourth-order valence-corrected chi connectivity index (χ4v) is 2.92. The SMILES string of the molecule is COc1cccc(NC(N)=NCc2cccnc2N2CCN(C)CC2)c1. The van der Waals surface area contributed by atoms with Crippen molar-refractivity contribution in [1.29, 1.82) is 0 Å². The maximum atomic E-state index is 6.05. The first-order valence-electron chi connectivity index (χ1n) is 8.74. The van der Waals surface area contributed by atoms with Crippen LogP contribution in [-0.4, -0.2) is 56.2 Å². The van der Waals surface area contributed by atoms with Crippen molar-refractivity contribution in [1.82, 2.24) is 9.88 Å². The summed E-state index contributed by atoms with van der Waals surface area (Å²) in [5.74, 6) is 2.14. The summed E-state index contributed by atoms with van der Waals surface area (Å²) in [5, 5.41) is 3.10. The number of aromatic nitrogens is 1. The van der Waals surface area contributed by atoms with Crippen LogP contribution in [0.25, 0.3) is 0 Å². The van der Waals surface area contributed by atoms with Crippen molar-refractivity contribution < 1.29 is 4.74 Å². The molecule has 1 aromatic heterocycles. The third-order valence-electron chi connectivity index (χ3n) is 4.43. The Morgan fingerprint density at radius 2 is 2.04 bits per heavy atom. The van der Waals surface area contributed by atoms with Gasteiger partial charge in [-0.1, -0.05) is 12.1 Å². The molecule has 2 aromatic rings. The molecule has 0 amide bonds. The lowest BCUT2D eigenvalue weighted by molar-refractivity contribution is 0.312. The Balaban J connectivity index is 1.67. The summed E-state index contributed by atoms with van der Waals surface area (Å²) in [5.41, 5.74) is 7.97. The van der Waals surface area contributed by atoms with Gasteiger partial charge in [-0.15, -0.1) is 0 Å². The first kappa shape index (κ1) is 18.0. The number of rotatable bonds is 5. The second-order valence-corrected chi connectivity index (χ2v) is 6.33. The lowest BCUT2D eigenvalue weighted by atomic mass is 10.2. The number of nitrogens with zero attached hydrogens (tertiary/aromatic N) is 4. The number of ether oxygens (including phenoxy) is 1. The average molecular weight is 354 g/mol. The highest BCUT2D eigenvalue weighted by Gasteiger charge is 2.17. The number of nitrogens with two attached hydrogens (primary N) is 1. The molecule has 0 aliphatic carbocycles. The van der Waals surface area contributed by atoms with Gasteiger partial charge in [-0.25, -0.2) is 9.98 Å². The number of methoxy groups -OCH3 is 1. The van der Waals surface area contributed by atoms with Crippen LogP contribution in [0, 0.1) is 0 Å². The molecule has 3 N–H and O–H groups in total. The fourth-order valence-electron chi connectivity index (χ4n) is 2.92. The summed E-state index contributed by atoms with van der Waals surface area (Å²) in [6.07, 6.45) is 1.83. The minimum Gasteiger partial charge on any atom is -0.497 e. The molecule has 0 bridgehead atoms. The van der Waals surface area contributed by atoms with Crippen LogP contribution in [0.3, 0.4) is 0 Å². The summed E-state index contributed by atoms with van der Waals surface area (Å²) in [6.45, 7) is 4.51. The molecule has 1 aliphatic heterocycles. The van der Waals surface area contributed by atoms with Crippen LogP contribution in [0.1, 0.15) is 5.56 Å². The predicted molar refractivity (Wildman–Crippen MR) is 106 cm³/mol. The molecule has 0 unspecified atom stereocenters. The zero-order valence-electron chi connectivity index (χ0n) is 15.4. The van der Waals surface area contributed by atoms with Crippen molar-refractivity contribution in [2.75, 3.05) is 50.6 Å². The number of pyridine rings is 1. The van der Waals surface area contributed by atoms with Gasteiger partial charge < -0.3 is 25.6 Å². The number of nitrogens with one attached hydrogen (secondary N) is 1. The van der Waals surface area contributed by atoms with Gasteiger partial charge >= 0.3 is 0 Å². The van der Waals surface area contributed by atoms with Gasteiger partial charge in [0.2, 0.25) is 0 Å². The van der Waals surface area contributed by atoms with Crippen LogP contribution in [-0.2, 0) is 6.54 Å². The van der Waals surface area contributed by atoms with Crippen LogP contribution < -0.4 is 20.7 Å². The van der Waals surface area contributed by atoms with Gasteiger partial charge in [0.15, 0.2) is 5.96 Å². The van der Waals surface area contributed by atoms with E-state index in [1.807, 2.05) is 36.5 Å². The molecule has 0 atom stereocenters. The van der Waals surface area contributed by atoms with Crippen molar-refractivity contribution in [3.05, 3.63) is 48.2 Å². The van der Waals surface area contributed by atoms with Crippen LogP contribution in [0.5, 0.6) is 5.75 Å². The van der Waals surface area contributed by atoms with Crippen LogP contribution in [0.2, 0.25) is 0 Å². The van der Waals surface area contributed by atoms with E-state index in [0.717, 1.165) is 49.0 Å². The van der Waals surface area contributed by atoms with E-state index >= 15 is 0 Å². The number of guanidine groups is 1. The van der Waals surface area contributed by atoms with Gasteiger partial charge in [0.1, 0.15) is 11.6 Å². The standard InChI is InChI=1S/C19H26N6O/c1-24-9-11-25(12-10-24)18-15(5-4-8-21-18)14-22-19(20)23-16-6-3-7-17(13-16)26-2/h3-8,13H,9-12,14H2,1-2H3,(H3,20,22,23). The molecule has 3 rings (SSSR count). The van der Waals surface area contributed by atoms with E-state index in [-0.39, 0.29) is 0 Å². The van der Waals surface area contributed by atoms with Gasteiger partial charge in [-0.3, -0.25) is 0 Å². The highest BCUT2D eigenvalue weighted by molar-refractivity contribution is 5.92. The van der Waals surface area contributed by atoms with E-state index in [2.05, 4.69) is 38.2 Å². The molecule has 1 saturated heterocycles. The monoisotopic (exact) mass is 354 g/mol. The minimum atomic E-state index is 0.367. The number of hydrogen-bond donors (Lipinski definition) is 2. The normalized spacial score (nSPS) is 15.8. The largest absolute Gasteiger partial charge is 0.497 e. The molecule has 2 heterocycles. The molecule has 1 aliphatic rings. The van der Waals surface area contributed by atoms with Gasteiger partial charge in [-0.2, -0.15) is 0 Å². The van der Waals surface area contributed by atoms with Gasteiger partial charge in [0, 0.05) is 49.7 Å². The molecule has 138 valence electrons. The second-order valence-electron chi connectivity index (χ2n) is 6.33. The Morgan fingerprint density at radius 1 is 1.23 bits per heavy atom. The van der Waals surface area contributed by atoms with Crippen LogP contribution in [0.15, 0.2) is 47.6 Å². The third-order valence-corrected chi connectivity index (χ3v) is 4.43. The van der Waals surface area contributed by atoms with Crippen molar-refractivity contribution in [2.24, 2.45) is 10.7 Å². The van der Waals surface area contributed by atoms with Crippen LogP contribution >= 0.6 is 0 Å². The average Bonchev–Trinajstić information content (AvgIpc) is 2.67. The Bertz CT molecular complexity index is 755. The Labute approximate surface area is 154 Å². The number of anilines is 2. The summed E-state index contributed by atoms with van der Waals surface area (Å²) in [7, 11) is 3.78. The fraction of sp³-hybridized carbons (Fsp3) is 0.368. The zero-order chi connectivity index (χ0) is 18.4. The maximum absolute atomic E-state index is 6.05. The van der Waals surface area contributed by atoms with Crippen LogP contribution in [0.4, 0.5) is 11.5 Å². The second kappa shape index (κ2) is 8.53. The van der Waals surface area contributed by atoms with E-state index in [1.54, 1.807) is 7.11 Å². The molecular formula is C19H26N6O. The highest BCUT2D eigenvalue weighted by Crippen LogP contribution is 2.20.